The molecule has 174 valence electrons. The summed E-state index contributed by atoms with van der Waals surface area (Å²) in [5.41, 5.74) is 1.09. The number of sulfonamides is 1. The van der Waals surface area contributed by atoms with Crippen molar-refractivity contribution in [3.05, 3.63) is 57.5 Å². The molecule has 2 aliphatic rings. The fraction of sp³-hybridized carbons (Fsp3) is 0.478. The van der Waals surface area contributed by atoms with E-state index < -0.39 is 10.0 Å². The van der Waals surface area contributed by atoms with Crippen LogP contribution in [-0.2, 0) is 16.4 Å². The van der Waals surface area contributed by atoms with E-state index in [0.717, 1.165) is 22.5 Å². The maximum atomic E-state index is 13.9. The second kappa shape index (κ2) is 9.99. The molecule has 32 heavy (non-hydrogen) atoms. The number of halogens is 2. The second-order valence-corrected chi connectivity index (χ2v) is 11.9. The van der Waals surface area contributed by atoms with Crippen LogP contribution in [0.1, 0.15) is 18.4 Å². The Labute approximate surface area is 204 Å². The highest BCUT2D eigenvalue weighted by molar-refractivity contribution is 9.10. The maximum absolute atomic E-state index is 13.9. The van der Waals surface area contributed by atoms with Crippen LogP contribution in [-0.4, -0.2) is 63.6 Å². The molecular formula is C23H29BrClN3O3S. The molecule has 6 nitrogen and oxygen atoms in total. The Morgan fingerprint density at radius 2 is 1.94 bits per heavy atom. The number of benzene rings is 2. The monoisotopic (exact) mass is 541 g/mol. The lowest BCUT2D eigenvalue weighted by atomic mass is 10.0. The van der Waals surface area contributed by atoms with Gasteiger partial charge in [-0.05, 0) is 68.1 Å². The minimum Gasteiger partial charge on any atom is -0.495 e. The Balaban J connectivity index is 1.65. The van der Waals surface area contributed by atoms with E-state index in [4.69, 9.17) is 16.3 Å². The third-order valence-corrected chi connectivity index (χ3v) is 8.92. The van der Waals surface area contributed by atoms with Crippen molar-refractivity contribution >= 4 is 37.6 Å². The predicted molar refractivity (Wildman–Crippen MR) is 131 cm³/mol. The smallest absolute Gasteiger partial charge is 0.247 e. The summed E-state index contributed by atoms with van der Waals surface area (Å²) >= 11 is 9.64. The molecule has 2 aromatic carbocycles. The summed E-state index contributed by atoms with van der Waals surface area (Å²) in [7, 11) is -0.293. The molecule has 0 radical (unpaired) electrons. The van der Waals surface area contributed by atoms with Gasteiger partial charge in [-0.2, -0.15) is 4.31 Å². The zero-order valence-electron chi connectivity index (χ0n) is 18.3. The number of likely N-dealkylation sites (N-methyl/N-ethyl adjacent to an activating group) is 1. The maximum Gasteiger partial charge on any atom is 0.247 e. The molecule has 2 atom stereocenters. The van der Waals surface area contributed by atoms with Gasteiger partial charge in [0.05, 0.1) is 13.3 Å². The van der Waals surface area contributed by atoms with Gasteiger partial charge in [0.25, 0.3) is 0 Å². The van der Waals surface area contributed by atoms with Crippen LogP contribution in [0.3, 0.4) is 0 Å². The summed E-state index contributed by atoms with van der Waals surface area (Å²) in [6.45, 7) is 1.91. The largest absolute Gasteiger partial charge is 0.495 e. The van der Waals surface area contributed by atoms with Crippen LogP contribution in [0.15, 0.2) is 51.8 Å². The summed E-state index contributed by atoms with van der Waals surface area (Å²) in [5, 5.41) is 3.95. The summed E-state index contributed by atoms with van der Waals surface area (Å²) in [5.74, 6) is 1.03. The first kappa shape index (κ1) is 24.0. The van der Waals surface area contributed by atoms with Crippen LogP contribution in [0, 0.1) is 5.92 Å². The molecule has 1 N–H and O–H groups in total. The molecule has 2 aromatic rings. The highest BCUT2D eigenvalue weighted by Crippen LogP contribution is 2.33. The fourth-order valence-electron chi connectivity index (χ4n) is 4.23. The molecule has 1 aliphatic heterocycles. The van der Waals surface area contributed by atoms with E-state index in [0.29, 0.717) is 30.3 Å². The minimum atomic E-state index is -3.84. The zero-order valence-corrected chi connectivity index (χ0v) is 21.5. The van der Waals surface area contributed by atoms with Gasteiger partial charge in [0, 0.05) is 35.2 Å². The quantitative estimate of drug-likeness (QED) is 0.547. The lowest BCUT2D eigenvalue weighted by Crippen LogP contribution is -2.63. The van der Waals surface area contributed by atoms with Crippen molar-refractivity contribution in [3.63, 3.8) is 0 Å². The van der Waals surface area contributed by atoms with E-state index in [2.05, 4.69) is 33.2 Å². The number of ether oxygens (including phenoxy) is 1. The summed E-state index contributed by atoms with van der Waals surface area (Å²) < 4.78 is 35.8. The summed E-state index contributed by atoms with van der Waals surface area (Å²) in [6, 6.07) is 12.5. The van der Waals surface area contributed by atoms with Gasteiger partial charge in [-0.3, -0.25) is 10.2 Å². The van der Waals surface area contributed by atoms with Gasteiger partial charge in [-0.1, -0.05) is 39.7 Å². The van der Waals surface area contributed by atoms with Crippen molar-refractivity contribution in [3.8, 4) is 5.75 Å². The average molecular weight is 543 g/mol. The molecule has 2 fully saturated rings. The topological polar surface area (TPSA) is 61.9 Å². The summed E-state index contributed by atoms with van der Waals surface area (Å²) in [4.78, 5) is 2.35. The third kappa shape index (κ3) is 5.48. The van der Waals surface area contributed by atoms with E-state index in [-0.39, 0.29) is 17.1 Å². The number of piperazine rings is 1. The Morgan fingerprint density at radius 3 is 2.59 bits per heavy atom. The van der Waals surface area contributed by atoms with Crippen LogP contribution in [0.2, 0.25) is 5.02 Å². The molecule has 0 aromatic heterocycles. The van der Waals surface area contributed by atoms with Crippen LogP contribution in [0.4, 0.5) is 0 Å². The van der Waals surface area contributed by atoms with Gasteiger partial charge >= 0.3 is 0 Å². The molecule has 2 unspecified atom stereocenters. The van der Waals surface area contributed by atoms with Crippen molar-refractivity contribution < 1.29 is 13.2 Å². The van der Waals surface area contributed by atoms with Crippen molar-refractivity contribution in [2.75, 3.05) is 33.8 Å². The Morgan fingerprint density at radius 1 is 1.22 bits per heavy atom. The normalized spacial score (nSPS) is 22.3. The van der Waals surface area contributed by atoms with Crippen LogP contribution in [0.25, 0.3) is 0 Å². The minimum absolute atomic E-state index is 0.0447. The zero-order chi connectivity index (χ0) is 22.9. The Hall–Kier alpha value is -1.16. The molecule has 0 spiro atoms. The van der Waals surface area contributed by atoms with Crippen molar-refractivity contribution in [1.82, 2.24) is 14.5 Å². The lowest BCUT2D eigenvalue weighted by molar-refractivity contribution is 0.111. The highest BCUT2D eigenvalue weighted by atomic mass is 79.9. The predicted octanol–water partition coefficient (Wildman–Crippen LogP) is 3.98. The molecule has 0 amide bonds. The third-order valence-electron chi connectivity index (χ3n) is 6.22. The van der Waals surface area contributed by atoms with Crippen molar-refractivity contribution in [1.29, 1.82) is 0 Å². The highest BCUT2D eigenvalue weighted by Gasteiger charge is 2.40. The average Bonchev–Trinajstić information content (AvgIpc) is 3.59. The number of rotatable bonds is 8. The van der Waals surface area contributed by atoms with Gasteiger partial charge < -0.3 is 4.74 Å². The first-order valence-corrected chi connectivity index (χ1v) is 13.4. The number of hydrogen-bond acceptors (Lipinski definition) is 5. The van der Waals surface area contributed by atoms with Gasteiger partial charge in [-0.25, -0.2) is 8.42 Å². The van der Waals surface area contributed by atoms with Gasteiger partial charge in [0.1, 0.15) is 10.6 Å². The van der Waals surface area contributed by atoms with E-state index in [1.54, 1.807) is 16.4 Å². The van der Waals surface area contributed by atoms with Gasteiger partial charge in [-0.15, -0.1) is 0 Å². The van der Waals surface area contributed by atoms with E-state index in [1.807, 2.05) is 24.3 Å². The summed E-state index contributed by atoms with van der Waals surface area (Å²) in [6.07, 6.45) is 3.08. The Bertz CT molecular complexity index is 1050. The fourth-order valence-corrected chi connectivity index (χ4v) is 6.54. The number of hydrogen-bond donors (Lipinski definition) is 1. The number of nitrogens with zero attached hydrogens (tertiary/aromatic N) is 2. The number of nitrogens with one attached hydrogen (secondary N) is 1. The molecule has 1 aliphatic carbocycles. The number of methoxy groups -OCH3 is 1. The first-order chi connectivity index (χ1) is 15.3. The van der Waals surface area contributed by atoms with Gasteiger partial charge in [0.2, 0.25) is 10.0 Å². The molecule has 0 bridgehead atoms. The molecule has 9 heteroatoms. The van der Waals surface area contributed by atoms with Crippen molar-refractivity contribution in [2.24, 2.45) is 5.92 Å². The first-order valence-electron chi connectivity index (χ1n) is 10.8. The molecule has 1 saturated heterocycles. The molecule has 4 rings (SSSR count). The standard InChI is InChI=1S/C23H29BrClN3O3S/c1-27(14-17-3-4-17)23-15-28(20(13-26-23)11-16-5-7-18(24)8-6-16)32(29,30)22-12-19(25)9-10-21(22)31-2/h5-10,12,17,20,23,26H,3-4,11,13-15H2,1-2H3. The van der Waals surface area contributed by atoms with Crippen molar-refractivity contribution in [2.45, 2.75) is 36.4 Å². The SMILES string of the molecule is COc1ccc(Cl)cc1S(=O)(=O)N1CC(N(C)CC2CC2)NCC1Cc1ccc(Br)cc1. The second-order valence-electron chi connectivity index (χ2n) is 8.66. The van der Waals surface area contributed by atoms with Crippen LogP contribution >= 0.6 is 27.5 Å². The van der Waals surface area contributed by atoms with Crippen LogP contribution in [0.5, 0.6) is 5.75 Å². The molecular weight excluding hydrogens is 514 g/mol. The van der Waals surface area contributed by atoms with E-state index >= 15 is 0 Å². The van der Waals surface area contributed by atoms with Crippen LogP contribution < -0.4 is 10.1 Å². The Kier molecular flexibility index (Phi) is 7.49. The van der Waals surface area contributed by atoms with E-state index in [9.17, 15) is 8.42 Å². The molecule has 1 saturated carbocycles. The molecule has 1 heterocycles. The van der Waals surface area contributed by atoms with E-state index in [1.165, 1.54) is 26.0 Å². The lowest BCUT2D eigenvalue weighted by Gasteiger charge is -2.42. The van der Waals surface area contributed by atoms with Gasteiger partial charge in [0.15, 0.2) is 0 Å².